The first-order valence-electron chi connectivity index (χ1n) is 11.2. The molecule has 37 heavy (non-hydrogen) atoms. The second-order valence-electron chi connectivity index (χ2n) is 8.62. The summed E-state index contributed by atoms with van der Waals surface area (Å²) in [4.78, 5) is 30.0. The Bertz CT molecular complexity index is 1840. The first-order chi connectivity index (χ1) is 17.5. The molecule has 5 aromatic rings. The van der Waals surface area contributed by atoms with Gasteiger partial charge >= 0.3 is 11.6 Å². The number of imidazole rings is 1. The molecule has 3 aromatic carbocycles. The topological polar surface area (TPSA) is 158 Å². The van der Waals surface area contributed by atoms with Gasteiger partial charge in [0.1, 0.15) is 5.82 Å². The third kappa shape index (κ3) is 4.30. The number of fused-ring (bicyclic) bond motifs is 1. The second-order valence-corrected chi connectivity index (χ2v) is 10.1. The van der Waals surface area contributed by atoms with Crippen LogP contribution in [0.5, 0.6) is 0 Å². The van der Waals surface area contributed by atoms with E-state index in [1.165, 1.54) is 10.6 Å². The Morgan fingerprint density at radius 1 is 0.973 bits per heavy atom. The number of nitrogens with zero attached hydrogens (tertiary/aromatic N) is 3. The smallest absolute Gasteiger partial charge is 0.331 e. The lowest BCUT2D eigenvalue weighted by molar-refractivity contribution is -0.657. The minimum absolute atomic E-state index is 0.00334. The van der Waals surface area contributed by atoms with E-state index >= 15 is 0 Å². The van der Waals surface area contributed by atoms with E-state index in [2.05, 4.69) is 10.1 Å². The molecule has 0 radical (unpaired) electrons. The Hall–Kier alpha value is -4.61. The number of primary amides is 1. The predicted molar refractivity (Wildman–Crippen MR) is 137 cm³/mol. The van der Waals surface area contributed by atoms with E-state index in [9.17, 15) is 18.0 Å². The highest BCUT2D eigenvalue weighted by Crippen LogP contribution is 2.30. The summed E-state index contributed by atoms with van der Waals surface area (Å²) < 4.78 is 27.3. The van der Waals surface area contributed by atoms with Crippen molar-refractivity contribution in [3.8, 4) is 16.8 Å². The summed E-state index contributed by atoms with van der Waals surface area (Å²) in [7, 11) is -3.94. The Labute approximate surface area is 212 Å². The fourth-order valence-corrected chi connectivity index (χ4v) is 5.15. The molecule has 10 nitrogen and oxygen atoms in total. The minimum Gasteiger partial charge on any atom is -0.366 e. The number of aromatic nitrogens is 4. The number of carbonyl (C=O) groups is 2. The molecule has 0 aliphatic carbocycles. The number of hydrogen-bond acceptors (Lipinski definition) is 5. The van der Waals surface area contributed by atoms with Gasteiger partial charge in [-0.1, -0.05) is 35.0 Å². The molecule has 0 saturated heterocycles. The van der Waals surface area contributed by atoms with Crippen LogP contribution < -0.4 is 15.6 Å². The van der Waals surface area contributed by atoms with Gasteiger partial charge in [0.05, 0.1) is 21.6 Å². The van der Waals surface area contributed by atoms with Crippen LogP contribution >= 0.6 is 0 Å². The molecule has 0 bridgehead atoms. The lowest BCUT2D eigenvalue weighted by Gasteiger charge is -2.08. The third-order valence-electron chi connectivity index (χ3n) is 6.02. The number of primary sulfonamides is 1. The summed E-state index contributed by atoms with van der Waals surface area (Å²) >= 11 is 0. The van der Waals surface area contributed by atoms with E-state index in [4.69, 9.17) is 10.9 Å². The summed E-state index contributed by atoms with van der Waals surface area (Å²) in [6.45, 7) is 3.53. The quantitative estimate of drug-likeness (QED) is 0.306. The van der Waals surface area contributed by atoms with E-state index in [0.717, 1.165) is 5.69 Å². The maximum Gasteiger partial charge on any atom is 0.331 e. The molecule has 11 heteroatoms. The molecule has 2 heterocycles. The summed E-state index contributed by atoms with van der Waals surface area (Å²) in [6, 6.07) is 20.0. The van der Waals surface area contributed by atoms with Crippen molar-refractivity contribution in [2.75, 3.05) is 0 Å². The molecule has 2 aromatic heterocycles. The van der Waals surface area contributed by atoms with Crippen LogP contribution in [0.4, 0.5) is 0 Å². The fraction of sp³-hybridized carbons (Fsp3) is 0.0769. The summed E-state index contributed by atoms with van der Waals surface area (Å²) in [6.07, 6.45) is 0. The third-order valence-corrected chi connectivity index (χ3v) is 6.99. The molecule has 0 atom stereocenters. The van der Waals surface area contributed by atoms with Gasteiger partial charge in [0.2, 0.25) is 21.6 Å². The van der Waals surface area contributed by atoms with Crippen LogP contribution in [-0.4, -0.2) is 34.9 Å². The predicted octanol–water partition coefficient (Wildman–Crippen LogP) is 2.36. The molecule has 0 unspecified atom stereocenters. The lowest BCUT2D eigenvalue weighted by Crippen LogP contribution is -2.40. The lowest BCUT2D eigenvalue weighted by atomic mass is 10.1. The molecule has 0 spiro atoms. The highest BCUT2D eigenvalue weighted by atomic mass is 32.2. The number of sulfonamides is 1. The number of carbonyl (C=O) groups excluding carboxylic acids is 2. The maximum atomic E-state index is 13.8. The van der Waals surface area contributed by atoms with Crippen LogP contribution in [0, 0.1) is 13.8 Å². The van der Waals surface area contributed by atoms with Gasteiger partial charge in [-0.05, 0) is 43.7 Å². The van der Waals surface area contributed by atoms with Crippen LogP contribution in [0.2, 0.25) is 0 Å². The number of nitrogens with one attached hydrogen (secondary N) is 1. The normalized spacial score (nSPS) is 11.6. The first kappa shape index (κ1) is 24.1. The number of nitrogens with two attached hydrogens (primary N) is 2. The number of H-pyrrole nitrogens is 1. The van der Waals surface area contributed by atoms with E-state index < -0.39 is 15.9 Å². The molecule has 5 rings (SSSR count). The number of aryl methyl sites for hydroxylation is 2. The molecule has 186 valence electrons. The van der Waals surface area contributed by atoms with Gasteiger partial charge < -0.3 is 5.73 Å². The van der Waals surface area contributed by atoms with Crippen molar-refractivity contribution in [1.29, 1.82) is 0 Å². The zero-order chi connectivity index (χ0) is 26.5. The molecule has 1 amide bonds. The van der Waals surface area contributed by atoms with E-state index in [1.54, 1.807) is 78.3 Å². The van der Waals surface area contributed by atoms with E-state index in [-0.39, 0.29) is 10.8 Å². The van der Waals surface area contributed by atoms with Gasteiger partial charge in [-0.25, -0.2) is 18.5 Å². The minimum atomic E-state index is -3.94. The Morgan fingerprint density at radius 2 is 1.73 bits per heavy atom. The largest absolute Gasteiger partial charge is 0.366 e. The first-order valence-corrected chi connectivity index (χ1v) is 12.8. The summed E-state index contributed by atoms with van der Waals surface area (Å²) in [5.74, 6) is -0.463. The average Bonchev–Trinajstić information content (AvgIpc) is 3.41. The van der Waals surface area contributed by atoms with Crippen molar-refractivity contribution < 1.29 is 22.7 Å². The number of hydrogen-bond donors (Lipinski definition) is 3. The summed E-state index contributed by atoms with van der Waals surface area (Å²) in [5, 5.41) is 8.54. The molecule has 0 aliphatic heterocycles. The summed E-state index contributed by atoms with van der Waals surface area (Å²) in [5.41, 5.74) is 9.48. The van der Waals surface area contributed by atoms with Crippen molar-refractivity contribution in [3.05, 3.63) is 95.6 Å². The number of amides is 1. The van der Waals surface area contributed by atoms with Gasteiger partial charge in [0, 0.05) is 29.3 Å². The Kier molecular flexibility index (Phi) is 5.73. The number of aromatic amines is 1. The molecular formula is C26H23N6O4S+. The standard InChI is InChI=1S/C26H22N6O4S/c1-15-12-23(32(30-15)19-7-5-6-18(13-19)25(27)33)26(34)31-16(2)29-21-14-17(10-11-22(21)31)20-8-3-4-9-24(20)37(28,35)36/h3-14H,1-2H3,(H4,27,28,33,35,36)/p+1. The highest BCUT2D eigenvalue weighted by molar-refractivity contribution is 7.89. The van der Waals surface area contributed by atoms with Crippen LogP contribution in [0.3, 0.4) is 0 Å². The Balaban J connectivity index is 1.62. The monoisotopic (exact) mass is 515 g/mol. The van der Waals surface area contributed by atoms with E-state index in [0.29, 0.717) is 44.9 Å². The number of benzene rings is 3. The van der Waals surface area contributed by atoms with E-state index in [1.807, 2.05) is 6.92 Å². The van der Waals surface area contributed by atoms with Crippen molar-refractivity contribution in [2.45, 2.75) is 18.7 Å². The Morgan fingerprint density at radius 3 is 2.46 bits per heavy atom. The van der Waals surface area contributed by atoms with Crippen LogP contribution in [0.15, 0.2) is 77.7 Å². The highest BCUT2D eigenvalue weighted by Gasteiger charge is 2.29. The molecule has 0 fully saturated rings. The SMILES string of the molecule is Cc1cc(C(=O)n2c(C)nc3cc(-c4ccccc4S(N)(=O)=O)ccc32)[n+](-c2cccc(C(N)=O)c2)[nH]1. The van der Waals surface area contributed by atoms with Crippen LogP contribution in [0.25, 0.3) is 27.8 Å². The zero-order valence-electron chi connectivity index (χ0n) is 20.0. The van der Waals surface area contributed by atoms with Gasteiger partial charge in [-0.2, -0.15) is 5.10 Å². The van der Waals surface area contributed by atoms with Gasteiger partial charge in [0.25, 0.3) is 0 Å². The molecule has 0 aliphatic rings. The van der Waals surface area contributed by atoms with Crippen LogP contribution in [-0.2, 0) is 10.0 Å². The van der Waals surface area contributed by atoms with Gasteiger partial charge in [0.15, 0.2) is 0 Å². The van der Waals surface area contributed by atoms with Crippen molar-refractivity contribution in [3.63, 3.8) is 0 Å². The average molecular weight is 516 g/mol. The van der Waals surface area contributed by atoms with Crippen molar-refractivity contribution in [2.24, 2.45) is 10.9 Å². The second kappa shape index (κ2) is 8.80. The fourth-order valence-electron chi connectivity index (χ4n) is 4.39. The molecular weight excluding hydrogens is 492 g/mol. The van der Waals surface area contributed by atoms with Gasteiger partial charge in [-0.3, -0.25) is 14.2 Å². The molecule has 0 saturated carbocycles. The zero-order valence-corrected chi connectivity index (χ0v) is 20.8. The van der Waals surface area contributed by atoms with Crippen molar-refractivity contribution in [1.82, 2.24) is 14.6 Å². The van der Waals surface area contributed by atoms with Gasteiger partial charge in [-0.15, -0.1) is 0 Å². The number of rotatable bonds is 5. The van der Waals surface area contributed by atoms with Crippen molar-refractivity contribution >= 4 is 32.9 Å². The van der Waals surface area contributed by atoms with Crippen LogP contribution in [0.1, 0.15) is 32.4 Å². The molecule has 5 N–H and O–H groups in total. The maximum absolute atomic E-state index is 13.8.